The number of carbonyl (C=O) groups is 3. The van der Waals surface area contributed by atoms with Gasteiger partial charge in [0.25, 0.3) is 0 Å². The Kier molecular flexibility index (Phi) is 28.3. The van der Waals surface area contributed by atoms with Crippen LogP contribution < -0.4 is 10.6 Å². The lowest BCUT2D eigenvalue weighted by Crippen LogP contribution is -2.30. The van der Waals surface area contributed by atoms with Crippen molar-refractivity contribution in [2.75, 3.05) is 33.3 Å². The SMILES string of the molecule is C/C=C\C.CC.CC/C(=C\C=C(/C)Cl)CNC(C)=O.CN1/C=C/CCC(=O)NCCOC(=O)C1. The number of nitrogens with one attached hydrogen (secondary N) is 2. The Hall–Kier alpha value is -2.54. The molecule has 34 heavy (non-hydrogen) atoms. The monoisotopic (exact) mass is 499 g/mol. The Bertz CT molecular complexity index is 663. The van der Waals surface area contributed by atoms with E-state index < -0.39 is 0 Å². The molecular weight excluding hydrogens is 454 g/mol. The van der Waals surface area contributed by atoms with Gasteiger partial charge in [-0.1, -0.05) is 62.2 Å². The number of allylic oxidation sites excluding steroid dienone is 6. The second kappa shape index (κ2) is 26.7. The van der Waals surface area contributed by atoms with Gasteiger partial charge in [0.15, 0.2) is 0 Å². The van der Waals surface area contributed by atoms with Gasteiger partial charge in [0, 0.05) is 32.0 Å². The predicted molar refractivity (Wildman–Crippen MR) is 143 cm³/mol. The molecule has 0 aromatic carbocycles. The van der Waals surface area contributed by atoms with Gasteiger partial charge in [0.05, 0.1) is 6.54 Å². The summed E-state index contributed by atoms with van der Waals surface area (Å²) in [6.07, 6.45) is 13.5. The highest BCUT2D eigenvalue weighted by Gasteiger charge is 2.06. The maximum Gasteiger partial charge on any atom is 0.325 e. The number of carbonyl (C=O) groups excluding carboxylic acids is 3. The van der Waals surface area contributed by atoms with Crippen molar-refractivity contribution < 1.29 is 19.1 Å². The van der Waals surface area contributed by atoms with E-state index in [0.717, 1.165) is 17.0 Å². The van der Waals surface area contributed by atoms with Gasteiger partial charge < -0.3 is 20.3 Å². The summed E-state index contributed by atoms with van der Waals surface area (Å²) in [4.78, 5) is 34.7. The molecule has 1 aliphatic heterocycles. The summed E-state index contributed by atoms with van der Waals surface area (Å²) < 4.78 is 4.90. The van der Waals surface area contributed by atoms with Crippen molar-refractivity contribution in [1.82, 2.24) is 15.5 Å². The average Bonchev–Trinajstić information content (AvgIpc) is 2.80. The topological polar surface area (TPSA) is 87.7 Å². The Morgan fingerprint density at radius 1 is 1.21 bits per heavy atom. The van der Waals surface area contributed by atoms with E-state index in [9.17, 15) is 14.4 Å². The van der Waals surface area contributed by atoms with Gasteiger partial charge in [-0.2, -0.15) is 0 Å². The van der Waals surface area contributed by atoms with Crippen LogP contribution in [-0.2, 0) is 19.1 Å². The predicted octanol–water partition coefficient (Wildman–Crippen LogP) is 5.10. The molecule has 0 aromatic heterocycles. The molecule has 2 N–H and O–H groups in total. The van der Waals surface area contributed by atoms with E-state index in [1.807, 2.05) is 71.9 Å². The van der Waals surface area contributed by atoms with Crippen LogP contribution >= 0.6 is 11.6 Å². The van der Waals surface area contributed by atoms with Crippen molar-refractivity contribution >= 4 is 29.4 Å². The lowest BCUT2D eigenvalue weighted by molar-refractivity contribution is -0.144. The van der Waals surface area contributed by atoms with Crippen LogP contribution in [0.5, 0.6) is 0 Å². The minimum atomic E-state index is -0.281. The van der Waals surface area contributed by atoms with E-state index in [-0.39, 0.29) is 30.9 Å². The van der Waals surface area contributed by atoms with E-state index in [2.05, 4.69) is 10.6 Å². The number of nitrogens with zero attached hydrogens (tertiary/aromatic N) is 1. The maximum absolute atomic E-state index is 11.2. The highest BCUT2D eigenvalue weighted by atomic mass is 35.5. The molecule has 0 saturated carbocycles. The van der Waals surface area contributed by atoms with Crippen molar-refractivity contribution in [2.24, 2.45) is 0 Å². The number of hydrogen-bond donors (Lipinski definition) is 2. The van der Waals surface area contributed by atoms with Crippen molar-refractivity contribution in [3.8, 4) is 0 Å². The highest BCUT2D eigenvalue weighted by molar-refractivity contribution is 6.29. The van der Waals surface area contributed by atoms with Crippen LogP contribution in [-0.4, -0.2) is 56.0 Å². The standard InChI is InChI=1S/C10H16ClNO.C10H16N2O3.C4H8.C2H6/c1-4-10(6-5-8(2)11)7-12-9(3)13;1-12-6-3-2-4-9(13)11-5-7-15-10(14)8-12;1-3-4-2;1-2/h5-6H,4,7H2,1-3H3,(H,12,13);3,6H,2,4-5,7-8H2,1H3,(H,11,13);3-4H,1-2H3;1-2H3/b8-5+,10-6+;6-3+;4-3-;. The zero-order valence-electron chi connectivity index (χ0n) is 22.4. The van der Waals surface area contributed by atoms with Gasteiger partial charge in [0.1, 0.15) is 13.2 Å². The van der Waals surface area contributed by atoms with Crippen LogP contribution in [0.4, 0.5) is 0 Å². The number of ether oxygens (including phenoxy) is 1. The van der Waals surface area contributed by atoms with Crippen molar-refractivity contribution in [3.63, 3.8) is 0 Å². The molecule has 2 amide bonds. The third-order valence-corrected chi connectivity index (χ3v) is 3.99. The highest BCUT2D eigenvalue weighted by Crippen LogP contribution is 2.03. The van der Waals surface area contributed by atoms with E-state index in [4.69, 9.17) is 16.3 Å². The zero-order chi connectivity index (χ0) is 26.8. The first kappa shape index (κ1) is 36.0. The van der Waals surface area contributed by atoms with Gasteiger partial charge >= 0.3 is 5.97 Å². The largest absolute Gasteiger partial charge is 0.462 e. The molecule has 8 heteroatoms. The third-order valence-electron chi connectivity index (χ3n) is 3.86. The molecule has 196 valence electrons. The molecule has 0 saturated heterocycles. The maximum atomic E-state index is 11.2. The minimum absolute atomic E-state index is 0.00840. The Labute approximate surface area is 212 Å². The molecule has 0 spiro atoms. The van der Waals surface area contributed by atoms with Gasteiger partial charge in [-0.05, 0) is 45.9 Å². The lowest BCUT2D eigenvalue weighted by Gasteiger charge is -2.14. The summed E-state index contributed by atoms with van der Waals surface area (Å²) in [5.41, 5.74) is 1.16. The second-order valence-corrected chi connectivity index (χ2v) is 7.51. The fourth-order valence-corrected chi connectivity index (χ4v) is 2.05. The summed E-state index contributed by atoms with van der Waals surface area (Å²) in [7, 11) is 1.80. The number of halogens is 1. The first-order valence-corrected chi connectivity index (χ1v) is 12.2. The third kappa shape index (κ3) is 29.5. The van der Waals surface area contributed by atoms with E-state index >= 15 is 0 Å². The van der Waals surface area contributed by atoms with Gasteiger partial charge in [0.2, 0.25) is 11.8 Å². The summed E-state index contributed by atoms with van der Waals surface area (Å²) in [5, 5.41) is 6.15. The quantitative estimate of drug-likeness (QED) is 0.319. The Morgan fingerprint density at radius 2 is 1.82 bits per heavy atom. The smallest absolute Gasteiger partial charge is 0.325 e. The van der Waals surface area contributed by atoms with E-state index in [1.54, 1.807) is 18.1 Å². The molecule has 0 bridgehead atoms. The second-order valence-electron chi connectivity index (χ2n) is 6.92. The summed E-state index contributed by atoms with van der Waals surface area (Å²) in [5.74, 6) is -0.304. The normalized spacial score (nSPS) is 16.0. The number of likely N-dealkylation sites (N-methyl/N-ethyl adjacent to an activating group) is 1. The molecule has 1 rings (SSSR count). The Balaban J connectivity index is -0.000000463. The fourth-order valence-electron chi connectivity index (χ4n) is 1.99. The fraction of sp³-hybridized carbons (Fsp3) is 0.577. The van der Waals surface area contributed by atoms with Crippen molar-refractivity contribution in [1.29, 1.82) is 0 Å². The summed E-state index contributed by atoms with van der Waals surface area (Å²) in [6.45, 7) is 14.8. The van der Waals surface area contributed by atoms with Crippen LogP contribution in [0, 0.1) is 0 Å². The van der Waals surface area contributed by atoms with Crippen molar-refractivity contribution in [2.45, 2.75) is 67.7 Å². The number of cyclic esters (lactones) is 1. The van der Waals surface area contributed by atoms with Gasteiger partial charge in [-0.15, -0.1) is 0 Å². The van der Waals surface area contributed by atoms with Crippen LogP contribution in [0.15, 0.2) is 47.2 Å². The molecule has 0 atom stereocenters. The first-order valence-electron chi connectivity index (χ1n) is 11.8. The van der Waals surface area contributed by atoms with Crippen LogP contribution in [0.3, 0.4) is 0 Å². The lowest BCUT2D eigenvalue weighted by atomic mass is 10.2. The molecule has 0 aliphatic carbocycles. The molecule has 0 fully saturated rings. The molecule has 7 nitrogen and oxygen atoms in total. The molecular formula is C26H46ClN3O4. The number of hydrogen-bond acceptors (Lipinski definition) is 5. The molecule has 1 heterocycles. The molecule has 0 radical (unpaired) electrons. The molecule has 1 aliphatic rings. The van der Waals surface area contributed by atoms with E-state index in [0.29, 0.717) is 25.9 Å². The number of esters is 1. The van der Waals surface area contributed by atoms with Crippen LogP contribution in [0.2, 0.25) is 0 Å². The molecule has 0 unspecified atom stereocenters. The average molecular weight is 500 g/mol. The number of amides is 2. The number of rotatable bonds is 4. The van der Waals surface area contributed by atoms with Gasteiger partial charge in [-0.3, -0.25) is 14.4 Å². The van der Waals surface area contributed by atoms with E-state index in [1.165, 1.54) is 6.92 Å². The molecule has 0 aromatic rings. The summed E-state index contributed by atoms with van der Waals surface area (Å²) in [6, 6.07) is 0. The Morgan fingerprint density at radius 3 is 2.32 bits per heavy atom. The van der Waals surface area contributed by atoms with Crippen LogP contribution in [0.25, 0.3) is 0 Å². The van der Waals surface area contributed by atoms with Crippen LogP contribution in [0.1, 0.15) is 67.7 Å². The first-order chi connectivity index (χ1) is 16.2. The van der Waals surface area contributed by atoms with Crippen molar-refractivity contribution in [3.05, 3.63) is 47.2 Å². The summed E-state index contributed by atoms with van der Waals surface area (Å²) >= 11 is 5.67. The minimum Gasteiger partial charge on any atom is -0.462 e. The van der Waals surface area contributed by atoms with Gasteiger partial charge in [-0.25, -0.2) is 0 Å². The zero-order valence-corrected chi connectivity index (χ0v) is 23.1.